The van der Waals surface area contributed by atoms with Crippen molar-refractivity contribution in [1.82, 2.24) is 0 Å². The first-order valence-corrected chi connectivity index (χ1v) is 6.32. The van der Waals surface area contributed by atoms with Gasteiger partial charge in [-0.2, -0.15) is 0 Å². The second-order valence-corrected chi connectivity index (χ2v) is 4.93. The van der Waals surface area contributed by atoms with Gasteiger partial charge in [0, 0.05) is 34.8 Å². The number of hydrogen-bond acceptors (Lipinski definition) is 9. The molecule has 0 spiro atoms. The van der Waals surface area contributed by atoms with Crippen LogP contribution < -0.4 is 34.7 Å². The summed E-state index contributed by atoms with van der Waals surface area (Å²) in [5, 5.41) is 69.3. The fourth-order valence-corrected chi connectivity index (χ4v) is 1.42. The summed E-state index contributed by atoms with van der Waals surface area (Å²) in [6, 6.07) is 0. The molecule has 28 heavy (non-hydrogen) atoms. The van der Waals surface area contributed by atoms with E-state index in [4.69, 9.17) is 35.7 Å². The van der Waals surface area contributed by atoms with Crippen molar-refractivity contribution >= 4 is 35.8 Å². The van der Waals surface area contributed by atoms with Crippen LogP contribution in [-0.2, 0) is 51.1 Å². The average molecular weight is 587 g/mol. The van der Waals surface area contributed by atoms with E-state index < -0.39 is 72.7 Å². The van der Waals surface area contributed by atoms with E-state index in [2.05, 4.69) is 0 Å². The maximum atomic E-state index is 10.3. The number of hydrogen-bond donors (Lipinski definition) is 7. The second-order valence-electron chi connectivity index (χ2n) is 4.93. The van der Waals surface area contributed by atoms with Gasteiger partial charge in [0.25, 0.3) is 0 Å². The molecule has 0 aliphatic carbocycles. The summed E-state index contributed by atoms with van der Waals surface area (Å²) in [5.74, 6) is -10.4. The smallest absolute Gasteiger partial charge is 0.550 e. The van der Waals surface area contributed by atoms with Crippen LogP contribution in [0.3, 0.4) is 0 Å². The van der Waals surface area contributed by atoms with Crippen LogP contribution in [0.5, 0.6) is 0 Å². The van der Waals surface area contributed by atoms with E-state index in [0.717, 1.165) is 0 Å². The Hall–Kier alpha value is -1.52. The van der Waals surface area contributed by atoms with Crippen LogP contribution in [0.15, 0.2) is 0 Å². The predicted molar refractivity (Wildman–Crippen MR) is 71.6 cm³/mol. The molecule has 16 heteroatoms. The molecule has 14 nitrogen and oxygen atoms in total. The molecule has 0 saturated heterocycles. The van der Waals surface area contributed by atoms with Gasteiger partial charge in [-0.3, -0.25) is 14.4 Å². The van der Waals surface area contributed by atoms with E-state index in [9.17, 15) is 33.9 Å². The Morgan fingerprint density at radius 3 is 0.964 bits per heavy atom. The van der Waals surface area contributed by atoms with Crippen molar-refractivity contribution in [2.45, 2.75) is 36.9 Å². The van der Waals surface area contributed by atoms with Crippen molar-refractivity contribution in [2.24, 2.45) is 0 Å². The average Bonchev–Trinajstić information content (AvgIpc) is 2.34. The number of carbonyl (C=O) groups is 6. The first kappa shape index (κ1) is 34.0. The van der Waals surface area contributed by atoms with Gasteiger partial charge in [0.1, 0.15) is 0 Å². The third-order valence-electron chi connectivity index (χ3n) is 2.56. The molecule has 0 aliphatic rings. The molecule has 0 bridgehead atoms. The molecular weight excluding hydrogens is 572 g/mol. The fraction of sp³-hybridized carbons (Fsp3) is 0.500. The molecule has 0 aromatic rings. The quantitative estimate of drug-likeness (QED) is 0.117. The monoisotopic (exact) mass is 587 g/mol. The van der Waals surface area contributed by atoms with Gasteiger partial charge in [0.15, 0.2) is 11.2 Å². The van der Waals surface area contributed by atoms with Crippen LogP contribution in [-0.4, -0.2) is 82.8 Å². The van der Waals surface area contributed by atoms with Gasteiger partial charge in [-0.05, 0) is 0 Å². The molecule has 1 unspecified atom stereocenters. The Balaban J connectivity index is -0.000000192. The molecule has 1 atom stereocenters. The van der Waals surface area contributed by atoms with E-state index in [1.165, 1.54) is 0 Å². The van der Waals surface area contributed by atoms with Crippen molar-refractivity contribution < 1.29 is 122 Å². The summed E-state index contributed by atoms with van der Waals surface area (Å²) in [6.45, 7) is 0. The third-order valence-corrected chi connectivity index (χ3v) is 2.56. The van der Waals surface area contributed by atoms with Crippen LogP contribution in [0.4, 0.5) is 0 Å². The summed E-state index contributed by atoms with van der Waals surface area (Å²) in [6.07, 6.45) is -4.73. The van der Waals surface area contributed by atoms with Crippen molar-refractivity contribution in [3.8, 4) is 0 Å². The molecule has 7 N–H and O–H groups in total. The zero-order valence-corrected chi connectivity index (χ0v) is 19.5. The number of rotatable bonds is 10. The normalized spacial score (nSPS) is 11.8. The molecule has 0 amide bonds. The number of aliphatic carboxylic acids is 6. The van der Waals surface area contributed by atoms with Crippen LogP contribution in [0.25, 0.3) is 0 Å². The SMILES string of the molecule is O=C(O)CC(O)(CC(=O)O)C(=O)O.O=C([O-])CC(O)(CC(=O)O)C(=O)O.[Na+].[Ta]. The maximum Gasteiger partial charge on any atom is 1.00 e. The van der Waals surface area contributed by atoms with E-state index >= 15 is 0 Å². The van der Waals surface area contributed by atoms with Crippen molar-refractivity contribution in [3.63, 3.8) is 0 Å². The molecule has 153 valence electrons. The first-order valence-electron chi connectivity index (χ1n) is 6.32. The van der Waals surface area contributed by atoms with Gasteiger partial charge in [-0.1, -0.05) is 0 Å². The van der Waals surface area contributed by atoms with Gasteiger partial charge in [0.2, 0.25) is 0 Å². The summed E-state index contributed by atoms with van der Waals surface area (Å²) >= 11 is 0. The summed E-state index contributed by atoms with van der Waals surface area (Å²) in [5.41, 5.74) is -5.54. The largest absolute Gasteiger partial charge is 1.00 e. The second kappa shape index (κ2) is 14.5. The zero-order chi connectivity index (χ0) is 21.3. The molecule has 0 aromatic heterocycles. The minimum absolute atomic E-state index is 0. The summed E-state index contributed by atoms with van der Waals surface area (Å²) < 4.78 is 0. The van der Waals surface area contributed by atoms with E-state index in [1.807, 2.05) is 0 Å². The molecule has 1 radical (unpaired) electrons. The van der Waals surface area contributed by atoms with Crippen molar-refractivity contribution in [1.29, 1.82) is 0 Å². The number of carboxylic acid groups (broad SMARTS) is 6. The topological polar surface area (TPSA) is 267 Å². The molecule has 0 aliphatic heterocycles. The van der Waals surface area contributed by atoms with E-state index in [1.54, 1.807) is 0 Å². The van der Waals surface area contributed by atoms with Crippen LogP contribution in [0, 0.1) is 0 Å². The Labute approximate surface area is 193 Å². The van der Waals surface area contributed by atoms with Crippen LogP contribution in [0.2, 0.25) is 0 Å². The number of aliphatic hydroxyl groups is 2. The third kappa shape index (κ3) is 14.5. The van der Waals surface area contributed by atoms with Crippen molar-refractivity contribution in [3.05, 3.63) is 0 Å². The predicted octanol–water partition coefficient (Wildman–Crippen LogP) is -6.83. The minimum Gasteiger partial charge on any atom is -0.550 e. The molecule has 0 rings (SSSR count). The van der Waals surface area contributed by atoms with Gasteiger partial charge >= 0.3 is 59.4 Å². The molecule has 0 saturated carbocycles. The van der Waals surface area contributed by atoms with Gasteiger partial charge in [0.05, 0.1) is 19.3 Å². The van der Waals surface area contributed by atoms with Gasteiger partial charge in [-0.15, -0.1) is 0 Å². The fourth-order valence-electron chi connectivity index (χ4n) is 1.42. The molecule has 0 fully saturated rings. The first-order chi connectivity index (χ1) is 11.6. The zero-order valence-electron chi connectivity index (χ0n) is 14.3. The number of carbonyl (C=O) groups excluding carboxylic acids is 1. The Kier molecular flexibility index (Phi) is 17.6. The Morgan fingerprint density at radius 2 is 0.821 bits per heavy atom. The summed E-state index contributed by atoms with van der Waals surface area (Å²) in [4.78, 5) is 60.8. The Morgan fingerprint density at radius 1 is 0.607 bits per heavy atom. The molecular formula is C12H15NaO14Ta. The van der Waals surface area contributed by atoms with E-state index in [-0.39, 0.29) is 51.9 Å². The minimum atomic E-state index is -2.80. The molecule has 0 aromatic carbocycles. The van der Waals surface area contributed by atoms with Crippen LogP contribution >= 0.6 is 0 Å². The summed E-state index contributed by atoms with van der Waals surface area (Å²) in [7, 11) is 0. The molecule has 0 heterocycles. The van der Waals surface area contributed by atoms with Crippen LogP contribution in [0.1, 0.15) is 25.7 Å². The van der Waals surface area contributed by atoms with Gasteiger partial charge in [-0.25, -0.2) is 9.59 Å². The van der Waals surface area contributed by atoms with Crippen molar-refractivity contribution in [2.75, 3.05) is 0 Å². The standard InChI is InChI=1S/2C6H8O7.Na.Ta/c2*7-3(8)1-6(13,5(11)12)2-4(9)10;;/h2*13H,1-2H2,(H,7,8)(H,9,10)(H,11,12);;/q;;+1;/p-1. The van der Waals surface area contributed by atoms with E-state index in [0.29, 0.717) is 0 Å². The Bertz CT molecular complexity index is 519. The number of carboxylic acids is 6. The maximum absolute atomic E-state index is 10.3. The van der Waals surface area contributed by atoms with Gasteiger partial charge < -0.3 is 45.6 Å².